The van der Waals surface area contributed by atoms with Gasteiger partial charge < -0.3 is 25.5 Å². The van der Waals surface area contributed by atoms with Gasteiger partial charge in [-0.05, 0) is 18.8 Å². The molecule has 2 heterocycles. The summed E-state index contributed by atoms with van der Waals surface area (Å²) < 4.78 is 12.7. The van der Waals surface area contributed by atoms with E-state index in [-0.39, 0.29) is 42.5 Å². The number of ether oxygens (including phenoxy) is 2. The van der Waals surface area contributed by atoms with Gasteiger partial charge in [0.1, 0.15) is 6.04 Å². The Morgan fingerprint density at radius 3 is 2.14 bits per heavy atom. The first-order chi connectivity index (χ1) is 20.2. The third kappa shape index (κ3) is 13.4. The van der Waals surface area contributed by atoms with Gasteiger partial charge in [-0.15, -0.1) is 0 Å². The molecule has 0 aliphatic carbocycles. The van der Waals surface area contributed by atoms with Crippen molar-refractivity contribution < 1.29 is 19.1 Å². The largest absolute Gasteiger partial charge is 0.466 e. The van der Waals surface area contributed by atoms with Gasteiger partial charge in [0.25, 0.3) is 5.56 Å². The highest BCUT2D eigenvalue weighted by Gasteiger charge is 2.22. The Balaban J connectivity index is 1.71. The number of hydrogen-bond acceptors (Lipinski definition) is 9. The fourth-order valence-electron chi connectivity index (χ4n) is 4.88. The van der Waals surface area contributed by atoms with Crippen molar-refractivity contribution in [1.29, 1.82) is 0 Å². The monoisotopic (exact) mass is 590 g/mol. The Labute approximate surface area is 250 Å². The highest BCUT2D eigenvalue weighted by Crippen LogP contribution is 2.16. The SMILES string of the molecule is CCCCCCCCCCCCCCCC(=O)OCC[C@@H](COC(=O)[C@@H](N)C(C)C)Cn1cnc2c(=O)[nH]c(N)nc21. The van der Waals surface area contributed by atoms with Crippen LogP contribution in [0.1, 0.15) is 117 Å². The first-order valence-electron chi connectivity index (χ1n) is 16.0. The topological polar surface area (TPSA) is 168 Å². The fourth-order valence-corrected chi connectivity index (χ4v) is 4.88. The number of carbonyl (C=O) groups is 2. The van der Waals surface area contributed by atoms with E-state index in [0.717, 1.165) is 19.3 Å². The Hall–Kier alpha value is -2.95. The van der Waals surface area contributed by atoms with E-state index in [1.165, 1.54) is 70.5 Å². The van der Waals surface area contributed by atoms with E-state index in [2.05, 4.69) is 21.9 Å². The standard InChI is InChI=1S/C31H54N6O5/c1-4-5-6-7-8-9-10-11-12-13-14-15-16-17-25(38)41-19-18-24(21-42-30(40)26(32)23(2)3)20-37-22-34-27-28(37)35-31(33)36-29(27)39/h22-24,26H,4-21,32H2,1-3H3,(H3,33,35,36,39)/t24-,26+/m1/s1. The normalized spacial score (nSPS) is 13.0. The maximum Gasteiger partial charge on any atom is 0.323 e. The third-order valence-corrected chi connectivity index (χ3v) is 7.67. The molecule has 0 aromatic carbocycles. The van der Waals surface area contributed by atoms with Crippen LogP contribution in [0.4, 0.5) is 5.95 Å². The molecule has 2 rings (SSSR count). The number of nitrogens with zero attached hydrogens (tertiary/aromatic N) is 3. The summed E-state index contributed by atoms with van der Waals surface area (Å²) >= 11 is 0. The number of esters is 2. The summed E-state index contributed by atoms with van der Waals surface area (Å²) in [5.74, 6) is -0.994. The Kier molecular flexibility index (Phi) is 16.8. The van der Waals surface area contributed by atoms with Crippen LogP contribution in [0, 0.1) is 11.8 Å². The summed E-state index contributed by atoms with van der Waals surface area (Å²) in [5, 5.41) is 0. The molecule has 0 fully saturated rings. The number of hydrogen-bond donors (Lipinski definition) is 3. The maximum atomic E-state index is 12.4. The summed E-state index contributed by atoms with van der Waals surface area (Å²) in [4.78, 5) is 47.6. The van der Waals surface area contributed by atoms with Crippen molar-refractivity contribution in [2.45, 2.75) is 130 Å². The fraction of sp³-hybridized carbons (Fsp3) is 0.774. The lowest BCUT2D eigenvalue weighted by Gasteiger charge is -2.20. The molecule has 238 valence electrons. The van der Waals surface area contributed by atoms with Crippen LogP contribution in [-0.2, 0) is 25.6 Å². The van der Waals surface area contributed by atoms with E-state index in [1.54, 1.807) is 4.57 Å². The molecule has 0 radical (unpaired) electrons. The number of imidazole rings is 1. The maximum absolute atomic E-state index is 12.4. The van der Waals surface area contributed by atoms with E-state index in [0.29, 0.717) is 25.0 Å². The number of aromatic nitrogens is 4. The van der Waals surface area contributed by atoms with Gasteiger partial charge in [0.05, 0.1) is 19.5 Å². The minimum Gasteiger partial charge on any atom is -0.466 e. The molecule has 0 bridgehead atoms. The smallest absolute Gasteiger partial charge is 0.323 e. The molecule has 2 aromatic rings. The van der Waals surface area contributed by atoms with E-state index < -0.39 is 17.6 Å². The van der Waals surface area contributed by atoms with Crippen LogP contribution in [0.15, 0.2) is 11.1 Å². The number of nitrogen functional groups attached to an aromatic ring is 1. The number of rotatable bonds is 23. The lowest BCUT2D eigenvalue weighted by atomic mass is 10.0. The van der Waals surface area contributed by atoms with Crippen molar-refractivity contribution in [3.63, 3.8) is 0 Å². The van der Waals surface area contributed by atoms with Crippen LogP contribution in [-0.4, -0.2) is 50.7 Å². The van der Waals surface area contributed by atoms with E-state index in [9.17, 15) is 14.4 Å². The number of unbranched alkanes of at least 4 members (excludes halogenated alkanes) is 12. The molecule has 0 unspecified atom stereocenters. The number of fused-ring (bicyclic) bond motifs is 1. The highest BCUT2D eigenvalue weighted by atomic mass is 16.5. The number of aromatic amines is 1. The second kappa shape index (κ2) is 20.0. The molecule has 0 aliphatic heterocycles. The molecule has 0 aliphatic rings. The van der Waals surface area contributed by atoms with Gasteiger partial charge in [-0.1, -0.05) is 97.8 Å². The van der Waals surface area contributed by atoms with Crippen LogP contribution in [0.3, 0.4) is 0 Å². The summed E-state index contributed by atoms with van der Waals surface area (Å²) in [7, 11) is 0. The van der Waals surface area contributed by atoms with Crippen molar-refractivity contribution >= 4 is 29.1 Å². The Morgan fingerprint density at radius 2 is 1.55 bits per heavy atom. The molecule has 0 saturated carbocycles. The lowest BCUT2D eigenvalue weighted by Crippen LogP contribution is -2.38. The predicted molar refractivity (Wildman–Crippen MR) is 166 cm³/mol. The highest BCUT2D eigenvalue weighted by molar-refractivity contribution is 5.75. The number of carbonyl (C=O) groups excluding carboxylic acids is 2. The molecular formula is C31H54N6O5. The van der Waals surface area contributed by atoms with Crippen molar-refractivity contribution in [2.75, 3.05) is 18.9 Å². The zero-order chi connectivity index (χ0) is 30.7. The van der Waals surface area contributed by atoms with Gasteiger partial charge in [0.15, 0.2) is 11.2 Å². The molecule has 42 heavy (non-hydrogen) atoms. The average molecular weight is 591 g/mol. The minimum absolute atomic E-state index is 0.0118. The zero-order valence-electron chi connectivity index (χ0n) is 26.1. The van der Waals surface area contributed by atoms with Crippen molar-refractivity contribution in [1.82, 2.24) is 19.5 Å². The molecule has 2 atom stereocenters. The summed E-state index contributed by atoms with van der Waals surface area (Å²) in [6.45, 7) is 6.57. The van der Waals surface area contributed by atoms with E-state index in [1.807, 2.05) is 13.8 Å². The van der Waals surface area contributed by atoms with Gasteiger partial charge in [0, 0.05) is 18.9 Å². The van der Waals surface area contributed by atoms with Gasteiger partial charge in [-0.25, -0.2) is 4.98 Å². The van der Waals surface area contributed by atoms with Gasteiger partial charge >= 0.3 is 11.9 Å². The third-order valence-electron chi connectivity index (χ3n) is 7.67. The molecule has 0 saturated heterocycles. The number of anilines is 1. The van der Waals surface area contributed by atoms with Crippen LogP contribution < -0.4 is 17.0 Å². The minimum atomic E-state index is -0.724. The predicted octanol–water partition coefficient (Wildman–Crippen LogP) is 5.26. The quantitative estimate of drug-likeness (QED) is 0.115. The summed E-state index contributed by atoms with van der Waals surface area (Å²) in [6, 6.07) is -0.724. The van der Waals surface area contributed by atoms with Crippen LogP contribution in [0.2, 0.25) is 0 Å². The molecule has 2 aromatic heterocycles. The average Bonchev–Trinajstić information content (AvgIpc) is 3.35. The van der Waals surface area contributed by atoms with Crippen LogP contribution in [0.25, 0.3) is 11.2 Å². The van der Waals surface area contributed by atoms with Crippen molar-refractivity contribution in [3.8, 4) is 0 Å². The second-order valence-electron chi connectivity index (χ2n) is 11.8. The van der Waals surface area contributed by atoms with Crippen molar-refractivity contribution in [3.05, 3.63) is 16.7 Å². The molecule has 0 amide bonds. The Morgan fingerprint density at radius 1 is 0.952 bits per heavy atom. The number of H-pyrrole nitrogens is 1. The summed E-state index contributed by atoms with van der Waals surface area (Å²) in [5.41, 5.74) is 11.7. The Bertz CT molecular complexity index is 1110. The van der Waals surface area contributed by atoms with Crippen LogP contribution in [0.5, 0.6) is 0 Å². The first kappa shape index (κ1) is 35.2. The second-order valence-corrected chi connectivity index (χ2v) is 11.8. The molecule has 11 nitrogen and oxygen atoms in total. The molecule has 5 N–H and O–H groups in total. The summed E-state index contributed by atoms with van der Waals surface area (Å²) in [6.07, 6.45) is 18.6. The first-order valence-corrected chi connectivity index (χ1v) is 16.0. The van der Waals surface area contributed by atoms with E-state index in [4.69, 9.17) is 20.9 Å². The molecule has 11 heteroatoms. The van der Waals surface area contributed by atoms with Crippen LogP contribution >= 0.6 is 0 Å². The van der Waals surface area contributed by atoms with Gasteiger partial charge in [0.2, 0.25) is 5.95 Å². The molecular weight excluding hydrogens is 536 g/mol. The zero-order valence-corrected chi connectivity index (χ0v) is 26.1. The number of nitrogens with two attached hydrogens (primary N) is 2. The number of nitrogens with one attached hydrogen (secondary N) is 1. The molecule has 0 spiro atoms. The van der Waals surface area contributed by atoms with Gasteiger partial charge in [-0.3, -0.25) is 19.4 Å². The van der Waals surface area contributed by atoms with Gasteiger partial charge in [-0.2, -0.15) is 4.98 Å². The van der Waals surface area contributed by atoms with E-state index >= 15 is 0 Å². The van der Waals surface area contributed by atoms with Crippen molar-refractivity contribution in [2.24, 2.45) is 17.6 Å². The lowest BCUT2D eigenvalue weighted by molar-refractivity contribution is -0.149.